The van der Waals surface area contributed by atoms with Gasteiger partial charge in [-0.1, -0.05) is 36.4 Å². The second kappa shape index (κ2) is 6.93. The van der Waals surface area contributed by atoms with Gasteiger partial charge in [0.05, 0.1) is 11.1 Å². The highest BCUT2D eigenvalue weighted by atomic mass is 32.1. The fourth-order valence-corrected chi connectivity index (χ4v) is 4.32. The molecule has 0 saturated carbocycles. The monoisotopic (exact) mass is 389 g/mol. The molecule has 0 bridgehead atoms. The summed E-state index contributed by atoms with van der Waals surface area (Å²) in [6.07, 6.45) is 1.81. The number of Topliss-reactive ketones (excluding diaryl/α,β-unsaturated/α-hetero) is 1. The molecule has 4 nitrogen and oxygen atoms in total. The van der Waals surface area contributed by atoms with Crippen LogP contribution in [0.2, 0.25) is 0 Å². The van der Waals surface area contributed by atoms with Gasteiger partial charge in [0.15, 0.2) is 5.76 Å². The van der Waals surface area contributed by atoms with Crippen molar-refractivity contribution >= 4 is 23.2 Å². The molecule has 0 spiro atoms. The molecule has 1 unspecified atom stereocenters. The van der Waals surface area contributed by atoms with Gasteiger partial charge in [-0.2, -0.15) is 0 Å². The number of fused-ring (bicyclic) bond motifs is 3. The van der Waals surface area contributed by atoms with Crippen molar-refractivity contribution in [3.63, 3.8) is 0 Å². The lowest BCUT2D eigenvalue weighted by molar-refractivity contribution is 0.0606. The Morgan fingerprint density at radius 1 is 1.11 bits per heavy atom. The van der Waals surface area contributed by atoms with Crippen LogP contribution in [0.4, 0.5) is 0 Å². The Hall–Kier alpha value is -2.89. The summed E-state index contributed by atoms with van der Waals surface area (Å²) in [5.74, 6) is 1.73. The van der Waals surface area contributed by atoms with Gasteiger partial charge in [0, 0.05) is 23.5 Å². The van der Waals surface area contributed by atoms with Crippen LogP contribution in [0.15, 0.2) is 65.7 Å². The van der Waals surface area contributed by atoms with E-state index in [9.17, 15) is 4.79 Å². The number of thiophene rings is 1. The molecule has 5 heteroatoms. The number of nitrogens with zero attached hydrogens (tertiary/aromatic N) is 1. The van der Waals surface area contributed by atoms with E-state index in [0.717, 1.165) is 16.2 Å². The molecule has 0 aliphatic carbocycles. The second-order valence-corrected chi connectivity index (χ2v) is 7.96. The van der Waals surface area contributed by atoms with Gasteiger partial charge in [0.1, 0.15) is 18.2 Å². The van der Waals surface area contributed by atoms with Crippen molar-refractivity contribution in [2.75, 3.05) is 6.73 Å². The van der Waals surface area contributed by atoms with E-state index in [-0.39, 0.29) is 11.8 Å². The van der Waals surface area contributed by atoms with Crippen LogP contribution in [0.5, 0.6) is 11.5 Å². The van der Waals surface area contributed by atoms with Crippen LogP contribution in [0, 0.1) is 0 Å². The largest absolute Gasteiger partial charge is 0.478 e. The number of hydrogen-bond donors (Lipinski definition) is 0. The Balaban J connectivity index is 1.47. The summed E-state index contributed by atoms with van der Waals surface area (Å²) >= 11 is 1.58. The summed E-state index contributed by atoms with van der Waals surface area (Å²) in [5, 5.41) is 1.98. The second-order valence-electron chi connectivity index (χ2n) is 6.98. The van der Waals surface area contributed by atoms with Crippen molar-refractivity contribution in [3.8, 4) is 11.5 Å². The molecule has 1 aromatic heterocycles. The number of benzene rings is 2. The lowest BCUT2D eigenvalue weighted by Gasteiger charge is -2.34. The number of ketones is 1. The maximum Gasteiger partial charge on any atom is 0.232 e. The van der Waals surface area contributed by atoms with Crippen LogP contribution >= 0.6 is 11.3 Å². The molecule has 2 aliphatic rings. The first-order valence-electron chi connectivity index (χ1n) is 9.26. The van der Waals surface area contributed by atoms with Crippen molar-refractivity contribution in [2.24, 2.45) is 0 Å². The predicted octanol–water partition coefficient (Wildman–Crippen LogP) is 5.28. The predicted molar refractivity (Wildman–Crippen MR) is 110 cm³/mol. The summed E-state index contributed by atoms with van der Waals surface area (Å²) < 4.78 is 12.0. The third-order valence-electron chi connectivity index (χ3n) is 5.29. The maximum atomic E-state index is 12.8. The lowest BCUT2D eigenvalue weighted by Crippen LogP contribution is -2.34. The first-order valence-corrected chi connectivity index (χ1v) is 10.1. The Labute approximate surface area is 167 Å². The zero-order chi connectivity index (χ0) is 19.1. The average molecular weight is 389 g/mol. The number of rotatable bonds is 3. The topological polar surface area (TPSA) is 38.8 Å². The van der Waals surface area contributed by atoms with Crippen molar-refractivity contribution in [2.45, 2.75) is 19.5 Å². The van der Waals surface area contributed by atoms with E-state index < -0.39 is 0 Å². The van der Waals surface area contributed by atoms with E-state index in [0.29, 0.717) is 30.3 Å². The molecular weight excluding hydrogens is 370 g/mol. The van der Waals surface area contributed by atoms with Crippen LogP contribution in [0.3, 0.4) is 0 Å². The maximum absolute atomic E-state index is 12.8. The summed E-state index contributed by atoms with van der Waals surface area (Å²) in [6, 6.07) is 18.2. The molecular formula is C23H19NO3S. The minimum Gasteiger partial charge on any atom is -0.478 e. The van der Waals surface area contributed by atoms with Crippen LogP contribution in [-0.2, 0) is 6.54 Å². The summed E-state index contributed by atoms with van der Waals surface area (Å²) in [5.41, 5.74) is 2.78. The molecule has 0 radical (unpaired) electrons. The van der Waals surface area contributed by atoms with Crippen LogP contribution in [0.25, 0.3) is 6.08 Å². The summed E-state index contributed by atoms with van der Waals surface area (Å²) in [4.78, 5) is 16.0. The van der Waals surface area contributed by atoms with Crippen molar-refractivity contribution in [1.29, 1.82) is 0 Å². The standard InChI is InChI=1S/C23H19NO3S/c1-15(16-6-3-2-4-7-16)24-13-19-20(26-14-24)10-9-18-22(25)21(27-23(18)19)12-17-8-5-11-28-17/h2-12,15H,13-14H2,1H3/b21-12-. The van der Waals surface area contributed by atoms with Crippen molar-refractivity contribution in [3.05, 3.63) is 87.3 Å². The minimum absolute atomic E-state index is 0.0700. The molecule has 1 atom stereocenters. The van der Waals surface area contributed by atoms with Gasteiger partial charge in [-0.3, -0.25) is 9.69 Å². The molecule has 0 amide bonds. The molecule has 2 aliphatic heterocycles. The highest BCUT2D eigenvalue weighted by molar-refractivity contribution is 7.10. The van der Waals surface area contributed by atoms with Gasteiger partial charge < -0.3 is 9.47 Å². The van der Waals surface area contributed by atoms with E-state index >= 15 is 0 Å². The molecule has 3 aromatic rings. The van der Waals surface area contributed by atoms with Crippen LogP contribution in [-0.4, -0.2) is 17.4 Å². The van der Waals surface area contributed by atoms with E-state index in [2.05, 4.69) is 24.0 Å². The SMILES string of the molecule is CC(c1ccccc1)N1COc2ccc3c(c2C1)O/C(=C\c1cccs1)C3=O. The van der Waals surface area contributed by atoms with Gasteiger partial charge in [0.25, 0.3) is 0 Å². The average Bonchev–Trinajstić information content (AvgIpc) is 3.36. The third kappa shape index (κ3) is 2.93. The quantitative estimate of drug-likeness (QED) is 0.572. The van der Waals surface area contributed by atoms with Crippen molar-refractivity contribution < 1.29 is 14.3 Å². The number of allylic oxidation sites excluding steroid dienone is 1. The molecule has 3 heterocycles. The summed E-state index contributed by atoms with van der Waals surface area (Å²) in [7, 11) is 0. The van der Waals surface area contributed by atoms with E-state index in [1.165, 1.54) is 5.56 Å². The van der Waals surface area contributed by atoms with Gasteiger partial charge in [-0.05, 0) is 36.1 Å². The molecule has 0 fully saturated rings. The first-order chi connectivity index (χ1) is 13.7. The molecule has 5 rings (SSSR count). The van der Waals surface area contributed by atoms with E-state index in [1.54, 1.807) is 11.3 Å². The minimum atomic E-state index is -0.0700. The molecule has 28 heavy (non-hydrogen) atoms. The first kappa shape index (κ1) is 17.2. The number of ether oxygens (including phenoxy) is 2. The molecule has 0 saturated heterocycles. The van der Waals surface area contributed by atoms with Gasteiger partial charge in [-0.25, -0.2) is 0 Å². The Morgan fingerprint density at radius 2 is 1.96 bits per heavy atom. The highest BCUT2D eigenvalue weighted by Gasteiger charge is 2.34. The number of carbonyl (C=O) groups excluding carboxylic acids is 1. The smallest absolute Gasteiger partial charge is 0.232 e. The van der Waals surface area contributed by atoms with E-state index in [4.69, 9.17) is 9.47 Å². The Bertz CT molecular complexity index is 1060. The lowest BCUT2D eigenvalue weighted by atomic mass is 10.0. The fourth-order valence-electron chi connectivity index (χ4n) is 3.67. The van der Waals surface area contributed by atoms with Crippen LogP contribution in [0.1, 0.15) is 39.3 Å². The normalized spacial score (nSPS) is 18.3. The zero-order valence-corrected chi connectivity index (χ0v) is 16.2. The fraction of sp³-hybridized carbons (Fsp3) is 0.174. The van der Waals surface area contributed by atoms with E-state index in [1.807, 2.05) is 53.9 Å². The van der Waals surface area contributed by atoms with Gasteiger partial charge in [0.2, 0.25) is 5.78 Å². The highest BCUT2D eigenvalue weighted by Crippen LogP contribution is 2.43. The molecule has 2 aromatic carbocycles. The number of hydrogen-bond acceptors (Lipinski definition) is 5. The van der Waals surface area contributed by atoms with Gasteiger partial charge >= 0.3 is 0 Å². The zero-order valence-electron chi connectivity index (χ0n) is 15.4. The van der Waals surface area contributed by atoms with Crippen LogP contribution < -0.4 is 9.47 Å². The third-order valence-corrected chi connectivity index (χ3v) is 6.11. The van der Waals surface area contributed by atoms with Gasteiger partial charge in [-0.15, -0.1) is 11.3 Å². The molecule has 0 N–H and O–H groups in total. The summed E-state index contributed by atoms with van der Waals surface area (Å²) in [6.45, 7) is 3.35. The Kier molecular flexibility index (Phi) is 4.26. The van der Waals surface area contributed by atoms with Crippen molar-refractivity contribution in [1.82, 2.24) is 4.90 Å². The Morgan fingerprint density at radius 3 is 2.75 bits per heavy atom. The number of carbonyl (C=O) groups is 1. The molecule has 140 valence electrons.